The summed E-state index contributed by atoms with van der Waals surface area (Å²) in [6.07, 6.45) is 0.644. The third-order valence-corrected chi connectivity index (χ3v) is 2.14. The third-order valence-electron chi connectivity index (χ3n) is 2.14. The first-order valence-corrected chi connectivity index (χ1v) is 4.76. The first-order chi connectivity index (χ1) is 7.65. The second-order valence-corrected chi connectivity index (χ2v) is 3.15. The van der Waals surface area contributed by atoms with E-state index >= 15 is 0 Å². The smallest absolute Gasteiger partial charge is 0.312 e. The molecule has 2 heterocycles. The van der Waals surface area contributed by atoms with Gasteiger partial charge in [-0.1, -0.05) is 6.92 Å². The van der Waals surface area contributed by atoms with E-state index in [1.807, 2.05) is 6.92 Å². The van der Waals surface area contributed by atoms with E-state index in [9.17, 15) is 4.79 Å². The van der Waals surface area contributed by atoms with Crippen molar-refractivity contribution < 1.29 is 4.74 Å². The standard InChI is InChI=1S/C9H11N5O2/c1-3-4-5-6(14-9(10)11-4)13-7(15)8(12-5)16-2/h3H2,1-2H3,(H3,10,11,13,14,15). The minimum Gasteiger partial charge on any atom is -0.477 e. The number of aromatic nitrogens is 4. The van der Waals surface area contributed by atoms with E-state index in [4.69, 9.17) is 10.5 Å². The molecular weight excluding hydrogens is 210 g/mol. The minimum atomic E-state index is -0.435. The van der Waals surface area contributed by atoms with Gasteiger partial charge in [0.2, 0.25) is 5.95 Å². The molecule has 0 saturated heterocycles. The maximum absolute atomic E-state index is 11.4. The monoisotopic (exact) mass is 221 g/mol. The number of hydrogen-bond acceptors (Lipinski definition) is 6. The molecule has 0 fully saturated rings. The van der Waals surface area contributed by atoms with Crippen LogP contribution in [0.1, 0.15) is 12.6 Å². The summed E-state index contributed by atoms with van der Waals surface area (Å²) in [4.78, 5) is 26.0. The van der Waals surface area contributed by atoms with Crippen LogP contribution >= 0.6 is 0 Å². The number of nitrogen functional groups attached to an aromatic ring is 1. The van der Waals surface area contributed by atoms with Crippen LogP contribution in [0, 0.1) is 0 Å². The normalized spacial score (nSPS) is 10.6. The molecule has 0 aliphatic carbocycles. The Hall–Kier alpha value is -2.18. The van der Waals surface area contributed by atoms with Crippen LogP contribution in [0.5, 0.6) is 5.88 Å². The van der Waals surface area contributed by atoms with Gasteiger partial charge in [-0.3, -0.25) is 4.79 Å². The number of aryl methyl sites for hydroxylation is 1. The van der Waals surface area contributed by atoms with E-state index in [2.05, 4.69) is 19.9 Å². The molecule has 2 aromatic heterocycles. The Morgan fingerprint density at radius 3 is 2.75 bits per heavy atom. The van der Waals surface area contributed by atoms with Gasteiger partial charge in [-0.05, 0) is 6.42 Å². The number of aromatic amines is 1. The summed E-state index contributed by atoms with van der Waals surface area (Å²) in [6.45, 7) is 1.92. The molecule has 3 N–H and O–H groups in total. The van der Waals surface area contributed by atoms with Crippen molar-refractivity contribution in [3.8, 4) is 5.88 Å². The molecule has 2 rings (SSSR count). The van der Waals surface area contributed by atoms with Crippen LogP contribution in [0.15, 0.2) is 4.79 Å². The van der Waals surface area contributed by atoms with E-state index in [0.29, 0.717) is 23.3 Å². The zero-order chi connectivity index (χ0) is 11.7. The molecule has 7 heteroatoms. The molecule has 0 bridgehead atoms. The molecule has 0 amide bonds. The number of nitrogens with zero attached hydrogens (tertiary/aromatic N) is 3. The number of hydrogen-bond donors (Lipinski definition) is 2. The third kappa shape index (κ3) is 1.56. The van der Waals surface area contributed by atoms with Gasteiger partial charge >= 0.3 is 5.56 Å². The van der Waals surface area contributed by atoms with Gasteiger partial charge in [0.25, 0.3) is 5.88 Å². The summed E-state index contributed by atoms with van der Waals surface area (Å²) < 4.78 is 4.84. The fraction of sp³-hybridized carbons (Fsp3) is 0.333. The lowest BCUT2D eigenvalue weighted by atomic mass is 10.3. The number of rotatable bonds is 2. The quantitative estimate of drug-likeness (QED) is 0.731. The molecule has 0 spiro atoms. The zero-order valence-electron chi connectivity index (χ0n) is 8.94. The SMILES string of the molecule is CCc1nc(N)nc2[nH]c(=O)c(OC)nc12. The predicted molar refractivity (Wildman–Crippen MR) is 58.3 cm³/mol. The summed E-state index contributed by atoms with van der Waals surface area (Å²) in [5.74, 6) is 0.113. The van der Waals surface area contributed by atoms with Crippen LogP contribution in [-0.2, 0) is 6.42 Å². The van der Waals surface area contributed by atoms with E-state index in [1.54, 1.807) is 0 Å². The van der Waals surface area contributed by atoms with Crippen molar-refractivity contribution in [2.24, 2.45) is 0 Å². The zero-order valence-corrected chi connectivity index (χ0v) is 8.94. The van der Waals surface area contributed by atoms with Crippen LogP contribution in [0.2, 0.25) is 0 Å². The van der Waals surface area contributed by atoms with Crippen molar-refractivity contribution in [2.45, 2.75) is 13.3 Å². The van der Waals surface area contributed by atoms with Gasteiger partial charge in [0.1, 0.15) is 5.52 Å². The molecule has 0 radical (unpaired) electrons. The molecule has 2 aromatic rings. The molecular formula is C9H11N5O2. The molecule has 0 saturated carbocycles. The Bertz CT molecular complexity index is 592. The summed E-state index contributed by atoms with van der Waals surface area (Å²) in [5, 5.41) is 0. The topological polar surface area (TPSA) is 107 Å². The van der Waals surface area contributed by atoms with Gasteiger partial charge < -0.3 is 15.5 Å². The van der Waals surface area contributed by atoms with Crippen molar-refractivity contribution in [1.29, 1.82) is 0 Å². The van der Waals surface area contributed by atoms with E-state index in [1.165, 1.54) is 7.11 Å². The average molecular weight is 221 g/mol. The number of nitrogens with two attached hydrogens (primary N) is 1. The minimum absolute atomic E-state index is 0.00410. The van der Waals surface area contributed by atoms with Gasteiger partial charge in [0.15, 0.2) is 5.65 Å². The van der Waals surface area contributed by atoms with Gasteiger partial charge in [-0.2, -0.15) is 4.98 Å². The Kier molecular flexibility index (Phi) is 2.43. The van der Waals surface area contributed by atoms with Crippen LogP contribution in [-0.4, -0.2) is 27.0 Å². The molecule has 84 valence electrons. The molecule has 0 atom stereocenters. The molecule has 16 heavy (non-hydrogen) atoms. The highest BCUT2D eigenvalue weighted by molar-refractivity contribution is 5.73. The fourth-order valence-corrected chi connectivity index (χ4v) is 1.42. The van der Waals surface area contributed by atoms with Crippen LogP contribution in [0.4, 0.5) is 5.95 Å². The van der Waals surface area contributed by atoms with Crippen molar-refractivity contribution in [3.63, 3.8) is 0 Å². The summed E-state index contributed by atoms with van der Waals surface area (Å²) in [6, 6.07) is 0. The van der Waals surface area contributed by atoms with Gasteiger partial charge in [-0.15, -0.1) is 0 Å². The van der Waals surface area contributed by atoms with Crippen molar-refractivity contribution in [3.05, 3.63) is 16.0 Å². The number of H-pyrrole nitrogens is 1. The Labute approximate surface area is 90.7 Å². The molecule has 0 aromatic carbocycles. The second-order valence-electron chi connectivity index (χ2n) is 3.15. The number of nitrogens with one attached hydrogen (secondary N) is 1. The van der Waals surface area contributed by atoms with Crippen molar-refractivity contribution in [1.82, 2.24) is 19.9 Å². The maximum Gasteiger partial charge on any atom is 0.312 e. The van der Waals surface area contributed by atoms with Gasteiger partial charge in [0, 0.05) is 0 Å². The van der Waals surface area contributed by atoms with Crippen LogP contribution in [0.25, 0.3) is 11.2 Å². The summed E-state index contributed by atoms with van der Waals surface area (Å²) >= 11 is 0. The first kappa shape index (κ1) is 10.3. The second kappa shape index (κ2) is 3.76. The molecule has 0 aliphatic rings. The number of fused-ring (bicyclic) bond motifs is 1. The fourth-order valence-electron chi connectivity index (χ4n) is 1.42. The largest absolute Gasteiger partial charge is 0.477 e. The highest BCUT2D eigenvalue weighted by atomic mass is 16.5. The van der Waals surface area contributed by atoms with Gasteiger partial charge in [-0.25, -0.2) is 9.97 Å². The lowest BCUT2D eigenvalue weighted by molar-refractivity contribution is 0.392. The molecule has 7 nitrogen and oxygen atoms in total. The highest BCUT2D eigenvalue weighted by Crippen LogP contribution is 2.13. The van der Waals surface area contributed by atoms with Crippen molar-refractivity contribution in [2.75, 3.05) is 12.8 Å². The first-order valence-electron chi connectivity index (χ1n) is 4.76. The highest BCUT2D eigenvalue weighted by Gasteiger charge is 2.10. The predicted octanol–water partition coefficient (Wildman–Crippen LogP) is -0.134. The Morgan fingerprint density at radius 2 is 2.12 bits per heavy atom. The maximum atomic E-state index is 11.4. The average Bonchev–Trinajstić information content (AvgIpc) is 2.26. The number of ether oxygens (including phenoxy) is 1. The lowest BCUT2D eigenvalue weighted by Gasteiger charge is -2.04. The van der Waals surface area contributed by atoms with E-state index < -0.39 is 5.56 Å². The number of anilines is 1. The summed E-state index contributed by atoms with van der Waals surface area (Å²) in [7, 11) is 1.38. The van der Waals surface area contributed by atoms with Crippen LogP contribution < -0.4 is 16.0 Å². The molecule has 0 aliphatic heterocycles. The lowest BCUT2D eigenvalue weighted by Crippen LogP contribution is -2.14. The van der Waals surface area contributed by atoms with Crippen molar-refractivity contribution >= 4 is 17.1 Å². The van der Waals surface area contributed by atoms with Gasteiger partial charge in [0.05, 0.1) is 12.8 Å². The summed E-state index contributed by atoms with van der Waals surface area (Å²) in [5.41, 5.74) is 6.60. The molecule has 0 unspecified atom stereocenters. The van der Waals surface area contributed by atoms with E-state index in [0.717, 1.165) is 0 Å². The Balaban J connectivity index is 2.85. The van der Waals surface area contributed by atoms with E-state index in [-0.39, 0.29) is 11.8 Å². The van der Waals surface area contributed by atoms with Crippen LogP contribution in [0.3, 0.4) is 0 Å². The number of methoxy groups -OCH3 is 1. The Morgan fingerprint density at radius 1 is 1.38 bits per heavy atom.